The summed E-state index contributed by atoms with van der Waals surface area (Å²) in [5, 5.41) is 12.8. The van der Waals surface area contributed by atoms with Gasteiger partial charge in [-0.05, 0) is 30.7 Å². The molecule has 0 N–H and O–H groups in total. The molecule has 0 bridgehead atoms. The van der Waals surface area contributed by atoms with E-state index in [0.29, 0.717) is 16.4 Å². The summed E-state index contributed by atoms with van der Waals surface area (Å²) in [4.78, 5) is 9.11. The first-order valence-electron chi connectivity index (χ1n) is 10.3. The van der Waals surface area contributed by atoms with Crippen molar-refractivity contribution in [2.75, 3.05) is 0 Å². The van der Waals surface area contributed by atoms with Gasteiger partial charge in [-0.3, -0.25) is 0 Å². The SMILES string of the molecule is CCn1c2ccccc2c2cc(-c3nc(SCc4ccccc4)nc(Cl)c3C#N)ccc21. The summed E-state index contributed by atoms with van der Waals surface area (Å²) in [6.45, 7) is 3.03. The van der Waals surface area contributed by atoms with Gasteiger partial charge in [-0.15, -0.1) is 0 Å². The number of para-hydroxylation sites is 1. The molecule has 0 aliphatic heterocycles. The molecule has 0 aliphatic carbocycles. The van der Waals surface area contributed by atoms with Crippen LogP contribution in [0.25, 0.3) is 33.1 Å². The summed E-state index contributed by atoms with van der Waals surface area (Å²) in [5.41, 5.74) is 5.26. The number of halogens is 1. The lowest BCUT2D eigenvalue weighted by molar-refractivity contribution is 0.827. The first-order valence-corrected chi connectivity index (χ1v) is 11.7. The average molecular weight is 455 g/mol. The Kier molecular flexibility index (Phi) is 5.57. The smallest absolute Gasteiger partial charge is 0.189 e. The number of rotatable bonds is 5. The van der Waals surface area contributed by atoms with Crippen LogP contribution in [0.3, 0.4) is 0 Å². The Morgan fingerprint density at radius 3 is 2.47 bits per heavy atom. The summed E-state index contributed by atoms with van der Waals surface area (Å²) in [6.07, 6.45) is 0. The van der Waals surface area contributed by atoms with Gasteiger partial charge in [0.05, 0.1) is 5.69 Å². The molecule has 2 aromatic heterocycles. The Morgan fingerprint density at radius 2 is 1.69 bits per heavy atom. The fourth-order valence-corrected chi connectivity index (χ4v) is 5.11. The second-order valence-corrected chi connectivity index (χ2v) is 8.70. The van der Waals surface area contributed by atoms with Crippen LogP contribution >= 0.6 is 23.4 Å². The van der Waals surface area contributed by atoms with Crippen molar-refractivity contribution in [2.24, 2.45) is 0 Å². The van der Waals surface area contributed by atoms with Crippen molar-refractivity contribution in [1.82, 2.24) is 14.5 Å². The fraction of sp³-hybridized carbons (Fsp3) is 0.115. The number of aromatic nitrogens is 3. The van der Waals surface area contributed by atoms with Gasteiger partial charge < -0.3 is 4.57 Å². The monoisotopic (exact) mass is 454 g/mol. The molecular weight excluding hydrogens is 436 g/mol. The topological polar surface area (TPSA) is 54.5 Å². The molecule has 2 heterocycles. The summed E-state index contributed by atoms with van der Waals surface area (Å²) in [5.74, 6) is 0.728. The highest BCUT2D eigenvalue weighted by atomic mass is 35.5. The van der Waals surface area contributed by atoms with Gasteiger partial charge in [0.15, 0.2) is 10.3 Å². The zero-order valence-corrected chi connectivity index (χ0v) is 19.0. The summed E-state index contributed by atoms with van der Waals surface area (Å²) in [7, 11) is 0. The van der Waals surface area contributed by atoms with Gasteiger partial charge in [-0.25, -0.2) is 9.97 Å². The Labute approximate surface area is 195 Å². The van der Waals surface area contributed by atoms with Crippen molar-refractivity contribution in [3.63, 3.8) is 0 Å². The minimum Gasteiger partial charge on any atom is -0.341 e. The van der Waals surface area contributed by atoms with Gasteiger partial charge >= 0.3 is 0 Å². The Morgan fingerprint density at radius 1 is 0.938 bits per heavy atom. The van der Waals surface area contributed by atoms with Crippen LogP contribution in [0.1, 0.15) is 18.1 Å². The van der Waals surface area contributed by atoms with Crippen molar-refractivity contribution in [3.8, 4) is 17.3 Å². The highest BCUT2D eigenvalue weighted by molar-refractivity contribution is 7.98. The third-order valence-corrected chi connectivity index (χ3v) is 6.72. The molecule has 0 radical (unpaired) electrons. The molecule has 0 spiro atoms. The molecule has 0 aliphatic rings. The van der Waals surface area contributed by atoms with Crippen molar-refractivity contribution < 1.29 is 0 Å². The molecule has 5 aromatic rings. The molecule has 156 valence electrons. The minimum atomic E-state index is 0.184. The molecule has 0 atom stereocenters. The minimum absolute atomic E-state index is 0.184. The maximum Gasteiger partial charge on any atom is 0.189 e. The lowest BCUT2D eigenvalue weighted by Crippen LogP contribution is -1.98. The van der Waals surface area contributed by atoms with E-state index in [0.717, 1.165) is 28.8 Å². The van der Waals surface area contributed by atoms with E-state index in [-0.39, 0.29) is 5.15 Å². The predicted molar refractivity (Wildman–Crippen MR) is 132 cm³/mol. The van der Waals surface area contributed by atoms with Crippen LogP contribution in [-0.4, -0.2) is 14.5 Å². The van der Waals surface area contributed by atoms with Crippen molar-refractivity contribution >= 4 is 45.2 Å². The summed E-state index contributed by atoms with van der Waals surface area (Å²) >= 11 is 7.92. The maximum atomic E-state index is 9.76. The van der Waals surface area contributed by atoms with Gasteiger partial charge in [0, 0.05) is 39.7 Å². The molecule has 0 fully saturated rings. The van der Waals surface area contributed by atoms with Crippen molar-refractivity contribution in [3.05, 3.63) is 89.1 Å². The molecular formula is C26H19ClN4S. The zero-order valence-electron chi connectivity index (χ0n) is 17.4. The fourth-order valence-electron chi connectivity index (χ4n) is 4.05. The molecule has 0 amide bonds. The number of nitrogens with zero attached hydrogens (tertiary/aromatic N) is 4. The number of thioether (sulfide) groups is 1. The standard InChI is InChI=1S/C26H19ClN4S/c1-2-31-22-11-7-6-10-19(22)20-14-18(12-13-23(20)31)24-21(15-28)25(27)30-26(29-24)32-16-17-8-4-3-5-9-17/h3-14H,2,16H2,1H3. The largest absolute Gasteiger partial charge is 0.341 e. The van der Waals surface area contributed by atoms with Gasteiger partial charge in [-0.1, -0.05) is 78.0 Å². The van der Waals surface area contributed by atoms with Crippen molar-refractivity contribution in [2.45, 2.75) is 24.4 Å². The highest BCUT2D eigenvalue weighted by Crippen LogP contribution is 2.35. The maximum absolute atomic E-state index is 9.76. The number of aryl methyl sites for hydroxylation is 1. The van der Waals surface area contributed by atoms with Gasteiger partial charge in [0.1, 0.15) is 11.6 Å². The summed E-state index contributed by atoms with van der Waals surface area (Å²) < 4.78 is 2.30. The van der Waals surface area contributed by atoms with Crippen LogP contribution in [0.15, 0.2) is 78.0 Å². The second kappa shape index (κ2) is 8.66. The van der Waals surface area contributed by atoms with Crippen LogP contribution in [0.2, 0.25) is 5.15 Å². The first-order chi connectivity index (χ1) is 15.7. The van der Waals surface area contributed by atoms with Crippen LogP contribution in [-0.2, 0) is 12.3 Å². The molecule has 3 aromatic carbocycles. The van der Waals surface area contributed by atoms with Gasteiger partial charge in [-0.2, -0.15) is 5.26 Å². The van der Waals surface area contributed by atoms with Crippen LogP contribution in [0.4, 0.5) is 0 Å². The normalized spacial score (nSPS) is 11.2. The van der Waals surface area contributed by atoms with E-state index in [1.807, 2.05) is 24.3 Å². The molecule has 32 heavy (non-hydrogen) atoms. The molecule has 0 saturated heterocycles. The van der Waals surface area contributed by atoms with E-state index in [4.69, 9.17) is 16.6 Å². The number of benzene rings is 3. The predicted octanol–water partition coefficient (Wildman–Crippen LogP) is 7.09. The van der Waals surface area contributed by atoms with Crippen LogP contribution in [0, 0.1) is 11.3 Å². The Bertz CT molecular complexity index is 1490. The van der Waals surface area contributed by atoms with E-state index < -0.39 is 0 Å². The number of hydrogen-bond donors (Lipinski definition) is 0. The number of nitriles is 1. The third kappa shape index (κ3) is 3.62. The van der Waals surface area contributed by atoms with E-state index in [2.05, 4.69) is 71.1 Å². The lowest BCUT2D eigenvalue weighted by atomic mass is 10.0. The van der Waals surface area contributed by atoms with Crippen LogP contribution < -0.4 is 0 Å². The van der Waals surface area contributed by atoms with Crippen LogP contribution in [0.5, 0.6) is 0 Å². The lowest BCUT2D eigenvalue weighted by Gasteiger charge is -2.09. The summed E-state index contributed by atoms with van der Waals surface area (Å²) in [6, 6.07) is 26.9. The zero-order chi connectivity index (χ0) is 22.1. The number of hydrogen-bond acceptors (Lipinski definition) is 4. The molecule has 4 nitrogen and oxygen atoms in total. The molecule has 0 unspecified atom stereocenters. The second-order valence-electron chi connectivity index (χ2n) is 7.40. The third-order valence-electron chi connectivity index (χ3n) is 5.53. The quantitative estimate of drug-likeness (QED) is 0.161. The van der Waals surface area contributed by atoms with E-state index in [1.165, 1.54) is 28.2 Å². The van der Waals surface area contributed by atoms with Crippen molar-refractivity contribution in [1.29, 1.82) is 5.26 Å². The molecule has 5 rings (SSSR count). The number of fused-ring (bicyclic) bond motifs is 3. The van der Waals surface area contributed by atoms with Gasteiger partial charge in [0.2, 0.25) is 0 Å². The first kappa shape index (κ1) is 20.6. The van der Waals surface area contributed by atoms with E-state index in [9.17, 15) is 5.26 Å². The average Bonchev–Trinajstić information content (AvgIpc) is 3.16. The Hall–Kier alpha value is -3.33. The highest BCUT2D eigenvalue weighted by Gasteiger charge is 2.17. The molecule has 6 heteroatoms. The van der Waals surface area contributed by atoms with E-state index in [1.54, 1.807) is 0 Å². The Balaban J connectivity index is 1.62. The molecule has 0 saturated carbocycles. The van der Waals surface area contributed by atoms with Gasteiger partial charge in [0.25, 0.3) is 0 Å². The van der Waals surface area contributed by atoms with E-state index >= 15 is 0 Å².